The van der Waals surface area contributed by atoms with Gasteiger partial charge in [0.05, 0.1) is 0 Å². The maximum absolute atomic E-state index is 11.9. The van der Waals surface area contributed by atoms with Gasteiger partial charge in [-0.05, 0) is 49.0 Å². The molecule has 0 radical (unpaired) electrons. The van der Waals surface area contributed by atoms with Gasteiger partial charge in [0.15, 0.2) is 5.78 Å². The number of ketones is 1. The van der Waals surface area contributed by atoms with Crippen molar-refractivity contribution in [2.45, 2.75) is 26.7 Å². The van der Waals surface area contributed by atoms with Crippen molar-refractivity contribution in [2.75, 3.05) is 0 Å². The van der Waals surface area contributed by atoms with Gasteiger partial charge in [0.25, 0.3) is 0 Å². The van der Waals surface area contributed by atoms with Crippen molar-refractivity contribution in [1.29, 1.82) is 0 Å². The van der Waals surface area contributed by atoms with E-state index >= 15 is 0 Å². The molecule has 0 atom stereocenters. The summed E-state index contributed by atoms with van der Waals surface area (Å²) >= 11 is 0. The standard InChI is InChI=1S/C13H14O/c1-8-4-5-9(2)12-11(8)7-6-10(3)13(12)14/h4-5H,3,6-7H2,1-2H3. The summed E-state index contributed by atoms with van der Waals surface area (Å²) in [6.45, 7) is 7.88. The van der Waals surface area contributed by atoms with Crippen LogP contribution in [0, 0.1) is 13.8 Å². The van der Waals surface area contributed by atoms with Crippen molar-refractivity contribution in [3.63, 3.8) is 0 Å². The van der Waals surface area contributed by atoms with E-state index in [2.05, 4.69) is 19.6 Å². The minimum Gasteiger partial charge on any atom is -0.289 e. The van der Waals surface area contributed by atoms with Crippen LogP contribution in [0.1, 0.15) is 33.5 Å². The smallest absolute Gasteiger partial charge is 0.188 e. The molecule has 1 heteroatoms. The first-order valence-electron chi connectivity index (χ1n) is 4.93. The molecular weight excluding hydrogens is 172 g/mol. The van der Waals surface area contributed by atoms with Gasteiger partial charge in [-0.15, -0.1) is 0 Å². The first-order chi connectivity index (χ1) is 6.61. The van der Waals surface area contributed by atoms with Crippen molar-refractivity contribution in [2.24, 2.45) is 0 Å². The lowest BCUT2D eigenvalue weighted by Gasteiger charge is -2.20. The van der Waals surface area contributed by atoms with Crippen molar-refractivity contribution < 1.29 is 4.79 Å². The summed E-state index contributed by atoms with van der Waals surface area (Å²) < 4.78 is 0. The van der Waals surface area contributed by atoms with Crippen LogP contribution in [-0.2, 0) is 6.42 Å². The van der Waals surface area contributed by atoms with Gasteiger partial charge in [0.2, 0.25) is 0 Å². The lowest BCUT2D eigenvalue weighted by molar-refractivity contribution is 0.102. The molecule has 0 amide bonds. The predicted molar refractivity (Wildman–Crippen MR) is 57.7 cm³/mol. The molecule has 1 aromatic carbocycles. The van der Waals surface area contributed by atoms with Crippen molar-refractivity contribution in [1.82, 2.24) is 0 Å². The first-order valence-corrected chi connectivity index (χ1v) is 4.93. The minimum absolute atomic E-state index is 0.146. The molecule has 2 rings (SSSR count). The van der Waals surface area contributed by atoms with E-state index in [9.17, 15) is 4.79 Å². The van der Waals surface area contributed by atoms with E-state index in [4.69, 9.17) is 0 Å². The molecule has 0 bridgehead atoms. The Labute approximate surface area is 84.5 Å². The minimum atomic E-state index is 0.146. The highest BCUT2D eigenvalue weighted by molar-refractivity contribution is 6.11. The highest BCUT2D eigenvalue weighted by Crippen LogP contribution is 2.28. The second-order valence-corrected chi connectivity index (χ2v) is 3.99. The maximum atomic E-state index is 11.9. The third-order valence-corrected chi connectivity index (χ3v) is 2.98. The fourth-order valence-electron chi connectivity index (χ4n) is 2.07. The Kier molecular flexibility index (Phi) is 2.03. The van der Waals surface area contributed by atoms with E-state index in [0.717, 1.165) is 29.5 Å². The molecule has 1 aromatic rings. The number of Topliss-reactive ketones (excluding diaryl/α,β-unsaturated/α-hetero) is 1. The summed E-state index contributed by atoms with van der Waals surface area (Å²) in [6.07, 6.45) is 1.78. The van der Waals surface area contributed by atoms with Gasteiger partial charge >= 0.3 is 0 Å². The molecule has 0 heterocycles. The molecule has 0 aromatic heterocycles. The van der Waals surface area contributed by atoms with Gasteiger partial charge in [0.1, 0.15) is 0 Å². The first kappa shape index (κ1) is 9.20. The Morgan fingerprint density at radius 3 is 2.50 bits per heavy atom. The zero-order valence-corrected chi connectivity index (χ0v) is 8.68. The van der Waals surface area contributed by atoms with Gasteiger partial charge in [-0.3, -0.25) is 4.79 Å². The summed E-state index contributed by atoms with van der Waals surface area (Å²) in [6, 6.07) is 4.11. The number of rotatable bonds is 0. The largest absolute Gasteiger partial charge is 0.289 e. The van der Waals surface area contributed by atoms with E-state index in [1.165, 1.54) is 11.1 Å². The van der Waals surface area contributed by atoms with Crippen LogP contribution in [0.25, 0.3) is 0 Å². The lowest BCUT2D eigenvalue weighted by Crippen LogP contribution is -2.16. The Morgan fingerprint density at radius 1 is 1.14 bits per heavy atom. The molecule has 0 fully saturated rings. The van der Waals surface area contributed by atoms with Gasteiger partial charge in [-0.25, -0.2) is 0 Å². The Bertz CT molecular complexity index is 427. The van der Waals surface area contributed by atoms with E-state index in [1.807, 2.05) is 13.0 Å². The summed E-state index contributed by atoms with van der Waals surface area (Å²) in [4.78, 5) is 11.9. The fraction of sp³-hybridized carbons (Fsp3) is 0.308. The molecule has 0 saturated heterocycles. The fourth-order valence-corrected chi connectivity index (χ4v) is 2.07. The Hall–Kier alpha value is -1.37. The molecule has 1 nitrogen and oxygen atoms in total. The molecule has 0 N–H and O–H groups in total. The zero-order valence-electron chi connectivity index (χ0n) is 8.68. The summed E-state index contributed by atoms with van der Waals surface area (Å²) in [5, 5.41) is 0. The molecule has 1 aliphatic rings. The van der Waals surface area contributed by atoms with Crippen LogP contribution in [-0.4, -0.2) is 5.78 Å². The van der Waals surface area contributed by atoms with E-state index in [0.29, 0.717) is 0 Å². The van der Waals surface area contributed by atoms with Crippen LogP contribution < -0.4 is 0 Å². The number of carbonyl (C=O) groups is 1. The Morgan fingerprint density at radius 2 is 1.79 bits per heavy atom. The van der Waals surface area contributed by atoms with E-state index in [1.54, 1.807) is 0 Å². The van der Waals surface area contributed by atoms with Crippen molar-refractivity contribution in [3.05, 3.63) is 46.5 Å². The van der Waals surface area contributed by atoms with Crippen LogP contribution in [0.5, 0.6) is 0 Å². The lowest BCUT2D eigenvalue weighted by atomic mass is 9.83. The topological polar surface area (TPSA) is 17.1 Å². The number of benzene rings is 1. The molecule has 0 spiro atoms. The third-order valence-electron chi connectivity index (χ3n) is 2.98. The molecule has 1 aliphatic carbocycles. The van der Waals surface area contributed by atoms with Crippen LogP contribution in [0.4, 0.5) is 0 Å². The van der Waals surface area contributed by atoms with Crippen LogP contribution in [0.3, 0.4) is 0 Å². The Balaban J connectivity index is 2.70. The van der Waals surface area contributed by atoms with E-state index in [-0.39, 0.29) is 5.78 Å². The number of hydrogen-bond acceptors (Lipinski definition) is 1. The van der Waals surface area contributed by atoms with Gasteiger partial charge < -0.3 is 0 Å². The summed E-state index contributed by atoms with van der Waals surface area (Å²) in [7, 11) is 0. The molecular formula is C13H14O. The highest BCUT2D eigenvalue weighted by Gasteiger charge is 2.23. The SMILES string of the molecule is C=C1CCc2c(C)ccc(C)c2C1=O. The maximum Gasteiger partial charge on any atom is 0.188 e. The quantitative estimate of drug-likeness (QED) is 0.569. The number of aryl methyl sites for hydroxylation is 2. The zero-order chi connectivity index (χ0) is 10.3. The third kappa shape index (κ3) is 1.20. The monoisotopic (exact) mass is 186 g/mol. The predicted octanol–water partition coefficient (Wildman–Crippen LogP) is 2.99. The van der Waals surface area contributed by atoms with Gasteiger partial charge in [-0.2, -0.15) is 0 Å². The van der Waals surface area contributed by atoms with Crippen LogP contribution in [0.2, 0.25) is 0 Å². The summed E-state index contributed by atoms with van der Waals surface area (Å²) in [5.41, 5.74) is 5.19. The average Bonchev–Trinajstić information content (AvgIpc) is 2.16. The highest BCUT2D eigenvalue weighted by atomic mass is 16.1. The molecule has 14 heavy (non-hydrogen) atoms. The summed E-state index contributed by atoms with van der Waals surface area (Å²) in [5.74, 6) is 0.146. The number of carbonyl (C=O) groups excluding carboxylic acids is 1. The average molecular weight is 186 g/mol. The number of fused-ring (bicyclic) bond motifs is 1. The normalized spacial score (nSPS) is 15.6. The van der Waals surface area contributed by atoms with Crippen molar-refractivity contribution in [3.8, 4) is 0 Å². The molecule has 0 aliphatic heterocycles. The second kappa shape index (κ2) is 3.09. The molecule has 72 valence electrons. The second-order valence-electron chi connectivity index (χ2n) is 3.99. The number of allylic oxidation sites excluding steroid dienone is 1. The molecule has 0 saturated carbocycles. The van der Waals surface area contributed by atoms with Gasteiger partial charge in [0, 0.05) is 5.56 Å². The number of hydrogen-bond donors (Lipinski definition) is 0. The van der Waals surface area contributed by atoms with Gasteiger partial charge in [-0.1, -0.05) is 18.7 Å². The van der Waals surface area contributed by atoms with Crippen LogP contribution >= 0.6 is 0 Å². The van der Waals surface area contributed by atoms with E-state index < -0.39 is 0 Å². The van der Waals surface area contributed by atoms with Crippen molar-refractivity contribution >= 4 is 5.78 Å². The van der Waals surface area contributed by atoms with Crippen LogP contribution in [0.15, 0.2) is 24.3 Å². The molecule has 0 unspecified atom stereocenters.